The van der Waals surface area contributed by atoms with Crippen LogP contribution in [0.4, 0.5) is 0 Å². The highest BCUT2D eigenvalue weighted by Gasteiger charge is 2.29. The molecule has 0 radical (unpaired) electrons. The molecule has 0 atom stereocenters. The summed E-state index contributed by atoms with van der Waals surface area (Å²) in [5, 5.41) is 11.1. The lowest BCUT2D eigenvalue weighted by atomic mass is 10.0. The van der Waals surface area contributed by atoms with Gasteiger partial charge in [-0.3, -0.25) is 4.98 Å². The zero-order valence-electron chi connectivity index (χ0n) is 30.0. The number of para-hydroxylation sites is 5. The Labute approximate surface area is 324 Å². The zero-order valence-corrected chi connectivity index (χ0v) is 30.8. The molecule has 8 aromatic carbocycles. The van der Waals surface area contributed by atoms with Gasteiger partial charge in [-0.15, -0.1) is 11.3 Å². The summed E-state index contributed by atoms with van der Waals surface area (Å²) in [7, 11) is 0. The highest BCUT2D eigenvalue weighted by Crippen LogP contribution is 2.49. The van der Waals surface area contributed by atoms with Gasteiger partial charge in [-0.05, 0) is 65.4 Å². The first-order valence-electron chi connectivity index (χ1n) is 19.1. The molecule has 0 bridgehead atoms. The normalized spacial score (nSPS) is 12.3. The average molecular weight is 731 g/mol. The number of hydrogen-bond acceptors (Lipinski definition) is 2. The molecule has 0 saturated heterocycles. The summed E-state index contributed by atoms with van der Waals surface area (Å²) in [6.45, 7) is 0. The maximum atomic E-state index is 5.16. The Bertz CT molecular complexity index is 3670. The summed E-state index contributed by atoms with van der Waals surface area (Å²) < 4.78 is 9.96. The van der Waals surface area contributed by atoms with Crippen molar-refractivity contribution in [1.29, 1.82) is 0 Å². The van der Waals surface area contributed by atoms with Gasteiger partial charge in [0, 0.05) is 48.6 Å². The van der Waals surface area contributed by atoms with Gasteiger partial charge in [-0.1, -0.05) is 121 Å². The SMILES string of the molecule is c1ccc2c(c1)ccc1c2c2ccccc2n1-c1c(-n2c3ccccc3c3ccccc32)cc2sc3cccnc3c2c1-n1c2ccccc2c2ccccc21. The number of benzene rings is 8. The smallest absolute Gasteiger partial charge is 0.0955 e. The van der Waals surface area contributed by atoms with Gasteiger partial charge in [0.15, 0.2) is 0 Å². The number of thiophene rings is 1. The molecule has 0 amide bonds. The molecule has 0 N–H and O–H groups in total. The molecular formula is C51H30N4S. The first-order valence-corrected chi connectivity index (χ1v) is 19.9. The molecule has 56 heavy (non-hydrogen) atoms. The Morgan fingerprint density at radius 3 is 1.48 bits per heavy atom. The zero-order chi connectivity index (χ0) is 36.5. The quantitative estimate of drug-likeness (QED) is 0.178. The predicted octanol–water partition coefficient (Wildman–Crippen LogP) is 13.9. The van der Waals surface area contributed by atoms with Crippen LogP contribution in [-0.2, 0) is 0 Å². The first-order chi connectivity index (χ1) is 27.8. The highest BCUT2D eigenvalue weighted by atomic mass is 32.1. The van der Waals surface area contributed by atoms with Crippen LogP contribution in [0.3, 0.4) is 0 Å². The van der Waals surface area contributed by atoms with Crippen molar-refractivity contribution in [2.24, 2.45) is 0 Å². The predicted molar refractivity (Wildman–Crippen MR) is 238 cm³/mol. The van der Waals surface area contributed by atoms with Gasteiger partial charge in [-0.25, -0.2) is 0 Å². The Morgan fingerprint density at radius 1 is 0.357 bits per heavy atom. The molecule has 0 aliphatic heterocycles. The van der Waals surface area contributed by atoms with Crippen LogP contribution in [0.25, 0.3) is 114 Å². The van der Waals surface area contributed by atoms with E-state index in [9.17, 15) is 0 Å². The van der Waals surface area contributed by atoms with E-state index in [1.54, 1.807) is 0 Å². The second kappa shape index (κ2) is 11.2. The lowest BCUT2D eigenvalue weighted by Crippen LogP contribution is -2.10. The van der Waals surface area contributed by atoms with Crippen LogP contribution in [-0.4, -0.2) is 18.7 Å². The van der Waals surface area contributed by atoms with Crippen LogP contribution in [0.2, 0.25) is 0 Å². The van der Waals surface area contributed by atoms with Crippen molar-refractivity contribution in [1.82, 2.24) is 18.7 Å². The van der Waals surface area contributed by atoms with E-state index >= 15 is 0 Å². The van der Waals surface area contributed by atoms with Crippen molar-refractivity contribution in [2.75, 3.05) is 0 Å². The number of nitrogens with zero attached hydrogens (tertiary/aromatic N) is 4. The molecule has 0 unspecified atom stereocenters. The molecule has 5 heterocycles. The Morgan fingerprint density at radius 2 is 0.857 bits per heavy atom. The van der Waals surface area contributed by atoms with E-state index in [4.69, 9.17) is 4.98 Å². The maximum absolute atomic E-state index is 5.16. The van der Waals surface area contributed by atoms with Crippen LogP contribution in [0, 0.1) is 0 Å². The van der Waals surface area contributed by atoms with E-state index in [-0.39, 0.29) is 0 Å². The Balaban J connectivity index is 1.37. The number of rotatable bonds is 3. The minimum absolute atomic E-state index is 1.02. The monoisotopic (exact) mass is 730 g/mol. The van der Waals surface area contributed by atoms with Gasteiger partial charge in [0.05, 0.1) is 60.4 Å². The fourth-order valence-electron chi connectivity index (χ4n) is 9.64. The number of fused-ring (bicyclic) bond motifs is 14. The van der Waals surface area contributed by atoms with Gasteiger partial charge in [-0.2, -0.15) is 0 Å². The summed E-state index contributed by atoms with van der Waals surface area (Å²) in [5.74, 6) is 0. The highest BCUT2D eigenvalue weighted by molar-refractivity contribution is 7.25. The second-order valence-corrected chi connectivity index (χ2v) is 15.8. The van der Waals surface area contributed by atoms with E-state index in [0.29, 0.717) is 0 Å². The van der Waals surface area contributed by atoms with E-state index in [0.717, 1.165) is 44.5 Å². The van der Waals surface area contributed by atoms with Crippen molar-refractivity contribution in [3.05, 3.63) is 182 Å². The topological polar surface area (TPSA) is 27.7 Å². The van der Waals surface area contributed by atoms with E-state index < -0.39 is 0 Å². The standard InChI is InChI=1S/C51H30N4S/c1-2-15-32-31(14-1)27-28-43-47(32)37-20-7-12-25-42(37)55(43)50-44(53-38-21-8-3-16-33(38)34-17-4-9-22-39(34)53)30-46-48(49-45(56-46)26-13-29-52-49)51(50)54-40-23-10-5-18-35(40)36-19-6-11-24-41(36)54/h1-30H. The molecule has 0 saturated carbocycles. The Kier molecular flexibility index (Phi) is 6.01. The van der Waals surface area contributed by atoms with Crippen LogP contribution in [0.5, 0.6) is 0 Å². The second-order valence-electron chi connectivity index (χ2n) is 14.7. The molecular weight excluding hydrogens is 701 g/mol. The van der Waals surface area contributed by atoms with Gasteiger partial charge in [0.1, 0.15) is 0 Å². The maximum Gasteiger partial charge on any atom is 0.0955 e. The minimum atomic E-state index is 1.02. The van der Waals surface area contributed by atoms with Crippen molar-refractivity contribution in [3.8, 4) is 17.1 Å². The summed E-state index contributed by atoms with van der Waals surface area (Å²) in [4.78, 5) is 5.16. The molecule has 0 spiro atoms. The molecule has 13 aromatic rings. The third kappa shape index (κ3) is 3.89. The van der Waals surface area contributed by atoms with Crippen LogP contribution >= 0.6 is 11.3 Å². The van der Waals surface area contributed by atoms with Crippen LogP contribution in [0.1, 0.15) is 0 Å². The number of hydrogen-bond donors (Lipinski definition) is 0. The molecule has 5 heteroatoms. The third-order valence-electron chi connectivity index (χ3n) is 11.9. The fraction of sp³-hybridized carbons (Fsp3) is 0. The van der Waals surface area contributed by atoms with Crippen molar-refractivity contribution < 1.29 is 0 Å². The minimum Gasteiger partial charge on any atom is -0.307 e. The molecule has 260 valence electrons. The summed E-state index contributed by atoms with van der Waals surface area (Å²) in [5.41, 5.74) is 11.4. The number of aromatic nitrogens is 4. The number of pyridine rings is 1. The van der Waals surface area contributed by atoms with E-state index in [1.807, 2.05) is 17.5 Å². The molecule has 5 aromatic heterocycles. The Hall–Kier alpha value is -7.21. The van der Waals surface area contributed by atoms with Crippen molar-refractivity contribution in [2.45, 2.75) is 0 Å². The summed E-state index contributed by atoms with van der Waals surface area (Å²) in [6, 6.07) is 64.5. The summed E-state index contributed by atoms with van der Waals surface area (Å²) in [6.07, 6.45) is 1.94. The van der Waals surface area contributed by atoms with Gasteiger partial charge < -0.3 is 13.7 Å². The molecule has 0 fully saturated rings. The van der Waals surface area contributed by atoms with Crippen molar-refractivity contribution >= 4 is 108 Å². The van der Waals surface area contributed by atoms with E-state index in [1.165, 1.54) is 69.0 Å². The van der Waals surface area contributed by atoms with E-state index in [2.05, 4.69) is 190 Å². The van der Waals surface area contributed by atoms with Crippen LogP contribution in [0.15, 0.2) is 182 Å². The molecule has 13 rings (SSSR count). The first kappa shape index (κ1) is 30.2. The molecule has 0 aliphatic rings. The van der Waals surface area contributed by atoms with Crippen LogP contribution < -0.4 is 0 Å². The largest absolute Gasteiger partial charge is 0.307 e. The third-order valence-corrected chi connectivity index (χ3v) is 12.9. The fourth-order valence-corrected chi connectivity index (χ4v) is 10.7. The molecule has 0 aliphatic carbocycles. The lowest BCUT2D eigenvalue weighted by molar-refractivity contribution is 1.06. The lowest BCUT2D eigenvalue weighted by Gasteiger charge is -2.23. The van der Waals surface area contributed by atoms with Gasteiger partial charge in [0.25, 0.3) is 0 Å². The molecule has 4 nitrogen and oxygen atoms in total. The van der Waals surface area contributed by atoms with Gasteiger partial charge in [0.2, 0.25) is 0 Å². The summed E-state index contributed by atoms with van der Waals surface area (Å²) >= 11 is 1.82. The average Bonchev–Trinajstić information content (AvgIpc) is 3.99. The van der Waals surface area contributed by atoms with Crippen molar-refractivity contribution in [3.63, 3.8) is 0 Å². The van der Waals surface area contributed by atoms with Gasteiger partial charge >= 0.3 is 0 Å².